The van der Waals surface area contributed by atoms with Gasteiger partial charge in [-0.2, -0.15) is 4.98 Å². The van der Waals surface area contributed by atoms with Crippen molar-refractivity contribution >= 4 is 40.7 Å². The van der Waals surface area contributed by atoms with Crippen LogP contribution in [0.15, 0.2) is 18.2 Å². The molecule has 0 radical (unpaired) electrons. The molecule has 0 fully saturated rings. The number of hydrogen-bond acceptors (Lipinski definition) is 6. The first-order valence-electron chi connectivity index (χ1n) is 5.39. The molecule has 0 unspecified atom stereocenters. The van der Waals surface area contributed by atoms with E-state index in [0.29, 0.717) is 15.6 Å². The monoisotopic (exact) mass is 313 g/mol. The number of rotatable bonds is 3. The van der Waals surface area contributed by atoms with Crippen molar-refractivity contribution in [3.8, 4) is 0 Å². The number of nitrogens with zero attached hydrogens (tertiary/aromatic N) is 3. The van der Waals surface area contributed by atoms with Crippen molar-refractivity contribution in [3.05, 3.63) is 49.6 Å². The summed E-state index contributed by atoms with van der Waals surface area (Å²) in [6.07, 6.45) is 0.0760. The third-order valence-corrected chi connectivity index (χ3v) is 3.43. The lowest BCUT2D eigenvalue weighted by Crippen LogP contribution is -2.09. The number of benzene rings is 1. The van der Waals surface area contributed by atoms with Gasteiger partial charge >= 0.3 is 5.69 Å². The van der Waals surface area contributed by atoms with Crippen molar-refractivity contribution in [3.63, 3.8) is 0 Å². The van der Waals surface area contributed by atoms with E-state index in [9.17, 15) is 10.1 Å². The van der Waals surface area contributed by atoms with Gasteiger partial charge in [-0.15, -0.1) is 0 Å². The average molecular weight is 314 g/mol. The van der Waals surface area contributed by atoms with Crippen LogP contribution in [0.2, 0.25) is 10.0 Å². The van der Waals surface area contributed by atoms with E-state index < -0.39 is 4.92 Å². The van der Waals surface area contributed by atoms with Gasteiger partial charge in [0, 0.05) is 6.42 Å². The van der Waals surface area contributed by atoms with Gasteiger partial charge in [0.2, 0.25) is 11.8 Å². The summed E-state index contributed by atoms with van der Waals surface area (Å²) in [7, 11) is 0. The molecule has 9 heteroatoms. The molecule has 2 aromatic rings. The predicted molar refractivity (Wildman–Crippen MR) is 76.8 cm³/mol. The highest BCUT2D eigenvalue weighted by Crippen LogP contribution is 2.31. The summed E-state index contributed by atoms with van der Waals surface area (Å²) in [5, 5.41) is 11.7. The molecule has 0 aliphatic carbocycles. The lowest BCUT2D eigenvalue weighted by atomic mass is 10.1. The van der Waals surface area contributed by atoms with E-state index in [0.717, 1.165) is 0 Å². The van der Waals surface area contributed by atoms with Crippen LogP contribution in [-0.2, 0) is 6.42 Å². The third kappa shape index (κ3) is 2.73. The van der Waals surface area contributed by atoms with E-state index in [1.54, 1.807) is 18.2 Å². The van der Waals surface area contributed by atoms with Crippen LogP contribution >= 0.6 is 23.2 Å². The van der Waals surface area contributed by atoms with E-state index in [1.807, 2.05) is 0 Å². The molecule has 1 heterocycles. The van der Waals surface area contributed by atoms with Crippen LogP contribution in [0.1, 0.15) is 11.3 Å². The number of aromatic nitrogens is 2. The van der Waals surface area contributed by atoms with Gasteiger partial charge in [0.05, 0.1) is 15.0 Å². The Morgan fingerprint density at radius 1 is 1.25 bits per heavy atom. The van der Waals surface area contributed by atoms with Gasteiger partial charge in [-0.05, 0) is 11.6 Å². The van der Waals surface area contributed by atoms with Gasteiger partial charge in [0.25, 0.3) is 0 Å². The van der Waals surface area contributed by atoms with Crippen LogP contribution in [-0.4, -0.2) is 14.9 Å². The zero-order valence-electron chi connectivity index (χ0n) is 10.0. The van der Waals surface area contributed by atoms with Crippen molar-refractivity contribution in [1.82, 2.24) is 9.97 Å². The van der Waals surface area contributed by atoms with Crippen LogP contribution in [0, 0.1) is 10.1 Å². The van der Waals surface area contributed by atoms with E-state index in [1.165, 1.54) is 0 Å². The topological polar surface area (TPSA) is 121 Å². The maximum Gasteiger partial charge on any atom is 0.332 e. The SMILES string of the molecule is Nc1nc(N)c([N+](=O)[O-])c(Cc2cccc(Cl)c2Cl)n1. The molecule has 0 bridgehead atoms. The standard InChI is InChI=1S/C11H9Cl2N5O2/c12-6-3-1-2-5(8(6)13)4-7-9(18(19)20)10(14)17-11(15)16-7/h1-3H,4H2,(H4,14,15,16,17). The number of nitrogens with two attached hydrogens (primary N) is 2. The highest BCUT2D eigenvalue weighted by atomic mass is 35.5. The first-order chi connectivity index (χ1) is 9.40. The second-order valence-corrected chi connectivity index (χ2v) is 4.69. The summed E-state index contributed by atoms with van der Waals surface area (Å²) in [6, 6.07) is 4.99. The fourth-order valence-electron chi connectivity index (χ4n) is 1.73. The summed E-state index contributed by atoms with van der Waals surface area (Å²) in [5.74, 6) is -0.420. The Morgan fingerprint density at radius 3 is 2.60 bits per heavy atom. The molecular weight excluding hydrogens is 305 g/mol. The minimum atomic E-state index is -0.650. The first-order valence-corrected chi connectivity index (χ1v) is 6.15. The maximum atomic E-state index is 11.0. The molecule has 1 aromatic heterocycles. The largest absolute Gasteiger partial charge is 0.378 e. The zero-order chi connectivity index (χ0) is 14.9. The second kappa shape index (κ2) is 5.48. The fourth-order valence-corrected chi connectivity index (χ4v) is 2.11. The second-order valence-electron chi connectivity index (χ2n) is 3.91. The van der Waals surface area contributed by atoms with Gasteiger partial charge in [-0.25, -0.2) is 4.98 Å². The van der Waals surface area contributed by atoms with E-state index >= 15 is 0 Å². The van der Waals surface area contributed by atoms with Crippen LogP contribution in [0.3, 0.4) is 0 Å². The lowest BCUT2D eigenvalue weighted by Gasteiger charge is -2.07. The Bertz CT molecular complexity index is 693. The Labute approximate surface area is 123 Å². The van der Waals surface area contributed by atoms with Gasteiger partial charge in [0.15, 0.2) is 0 Å². The molecule has 7 nitrogen and oxygen atoms in total. The first kappa shape index (κ1) is 14.3. The minimum Gasteiger partial charge on any atom is -0.378 e. The highest BCUT2D eigenvalue weighted by Gasteiger charge is 2.23. The molecule has 20 heavy (non-hydrogen) atoms. The Morgan fingerprint density at radius 2 is 1.95 bits per heavy atom. The molecule has 104 valence electrons. The van der Waals surface area contributed by atoms with E-state index in [4.69, 9.17) is 34.7 Å². The average Bonchev–Trinajstić information content (AvgIpc) is 2.33. The van der Waals surface area contributed by atoms with Crippen LogP contribution in [0.25, 0.3) is 0 Å². The molecule has 0 aliphatic heterocycles. The summed E-state index contributed by atoms with van der Waals surface area (Å²) in [6.45, 7) is 0. The molecule has 0 aliphatic rings. The van der Waals surface area contributed by atoms with Gasteiger partial charge < -0.3 is 11.5 Å². The molecule has 2 rings (SSSR count). The van der Waals surface area contributed by atoms with E-state index in [2.05, 4.69) is 9.97 Å². The Balaban J connectivity index is 2.53. The number of halogens is 2. The van der Waals surface area contributed by atoms with E-state index in [-0.39, 0.29) is 29.6 Å². The lowest BCUT2D eigenvalue weighted by molar-refractivity contribution is -0.385. The molecular formula is C11H9Cl2N5O2. The summed E-state index contributed by atoms with van der Waals surface area (Å²) >= 11 is 11.9. The predicted octanol–water partition coefficient (Wildman–Crippen LogP) is 2.45. The van der Waals surface area contributed by atoms with Crippen molar-refractivity contribution in [2.75, 3.05) is 11.5 Å². The van der Waals surface area contributed by atoms with Crippen LogP contribution in [0.5, 0.6) is 0 Å². The number of nitrogen functional groups attached to an aromatic ring is 2. The molecule has 0 spiro atoms. The molecule has 1 aromatic carbocycles. The third-order valence-electron chi connectivity index (χ3n) is 2.57. The fraction of sp³-hybridized carbons (Fsp3) is 0.0909. The molecule has 4 N–H and O–H groups in total. The quantitative estimate of drug-likeness (QED) is 0.663. The number of hydrogen-bond donors (Lipinski definition) is 2. The summed E-state index contributed by atoms with van der Waals surface area (Å²) in [5.41, 5.74) is 11.3. The summed E-state index contributed by atoms with van der Waals surface area (Å²) < 4.78 is 0. The smallest absolute Gasteiger partial charge is 0.332 e. The Kier molecular flexibility index (Phi) is 3.91. The minimum absolute atomic E-state index is 0.0760. The normalized spacial score (nSPS) is 10.5. The number of nitro groups is 1. The van der Waals surface area contributed by atoms with Crippen molar-refractivity contribution < 1.29 is 4.92 Å². The molecule has 0 saturated carbocycles. The van der Waals surface area contributed by atoms with Crippen molar-refractivity contribution in [2.45, 2.75) is 6.42 Å². The van der Waals surface area contributed by atoms with Crippen LogP contribution < -0.4 is 11.5 Å². The van der Waals surface area contributed by atoms with Gasteiger partial charge in [0.1, 0.15) is 5.69 Å². The van der Waals surface area contributed by atoms with Crippen LogP contribution in [0.4, 0.5) is 17.5 Å². The maximum absolute atomic E-state index is 11.0. The van der Waals surface area contributed by atoms with Gasteiger partial charge in [-0.1, -0.05) is 35.3 Å². The zero-order valence-corrected chi connectivity index (χ0v) is 11.5. The molecule has 0 saturated heterocycles. The van der Waals surface area contributed by atoms with Crippen molar-refractivity contribution in [2.24, 2.45) is 0 Å². The highest BCUT2D eigenvalue weighted by molar-refractivity contribution is 6.42. The molecule has 0 atom stereocenters. The Hall–Kier alpha value is -2.12. The van der Waals surface area contributed by atoms with Gasteiger partial charge in [-0.3, -0.25) is 10.1 Å². The molecule has 0 amide bonds. The summed E-state index contributed by atoms with van der Waals surface area (Å²) in [4.78, 5) is 17.8. The number of anilines is 2. The van der Waals surface area contributed by atoms with Crippen molar-refractivity contribution in [1.29, 1.82) is 0 Å².